The zero-order valence-electron chi connectivity index (χ0n) is 44.9. The number of carbonyl (C=O) groups is 4. The molecule has 15 nitrogen and oxygen atoms in total. The molecule has 0 fully saturated rings. The first-order chi connectivity index (χ1) is 36.0. The molecule has 0 unspecified atom stereocenters. The summed E-state index contributed by atoms with van der Waals surface area (Å²) >= 11 is 0. The predicted octanol–water partition coefficient (Wildman–Crippen LogP) is 14.8. The van der Waals surface area contributed by atoms with Crippen molar-refractivity contribution >= 4 is 45.6 Å². The second kappa shape index (κ2) is 22.8. The van der Waals surface area contributed by atoms with Crippen LogP contribution in [-0.4, -0.2) is 65.5 Å². The summed E-state index contributed by atoms with van der Waals surface area (Å²) in [5.41, 5.74) is -3.80. The van der Waals surface area contributed by atoms with Gasteiger partial charge in [0.05, 0.1) is 16.3 Å². The lowest BCUT2D eigenvalue weighted by Crippen LogP contribution is -2.29. The third kappa shape index (κ3) is 15.6. The maximum atomic E-state index is 12.8. The normalized spacial score (nSPS) is 13.1. The summed E-state index contributed by atoms with van der Waals surface area (Å²) in [6.07, 6.45) is -3.28. The van der Waals surface area contributed by atoms with E-state index in [1.165, 1.54) is 0 Å². The molecule has 0 aliphatic heterocycles. The summed E-state index contributed by atoms with van der Waals surface area (Å²) in [7, 11) is -6.66. The SMILES string of the molecule is CC(C)(C)OC(=O)Oc1ccc([S+](c2ccc(OC(=O)OC(C)(C)C)cc2)c2ccc3c(c2)C(c2ccc(OC(=O)OC(C)(C)C)cc2)(c2ccc(OC(=O)OC(C)(C)C)cc2)c2ccccc2-3)cc1.O=S(=O)(O)C(F)(F)F. The van der Waals surface area contributed by atoms with Crippen molar-refractivity contribution < 1.29 is 83.2 Å². The topological polar surface area (TPSA) is 196 Å². The van der Waals surface area contributed by atoms with Gasteiger partial charge in [-0.2, -0.15) is 21.6 Å². The third-order valence-electron chi connectivity index (χ3n) is 10.6. The van der Waals surface area contributed by atoms with Gasteiger partial charge < -0.3 is 37.9 Å². The maximum absolute atomic E-state index is 12.8. The number of carbonyl (C=O) groups excluding carboxylic acids is 4. The Morgan fingerprint density at radius 3 is 1.01 bits per heavy atom. The highest BCUT2D eigenvalue weighted by atomic mass is 32.2. The molecular weight excluding hydrogens is 1060 g/mol. The van der Waals surface area contributed by atoms with E-state index in [9.17, 15) is 32.3 Å². The molecule has 414 valence electrons. The Labute approximate surface area is 454 Å². The Balaban J connectivity index is 0.00000114. The van der Waals surface area contributed by atoms with Crippen molar-refractivity contribution in [2.24, 2.45) is 0 Å². The van der Waals surface area contributed by atoms with Crippen LogP contribution in [0.3, 0.4) is 0 Å². The number of halogens is 3. The molecule has 1 aliphatic carbocycles. The summed E-state index contributed by atoms with van der Waals surface area (Å²) in [4.78, 5) is 53.6. The number of ether oxygens (including phenoxy) is 8. The fourth-order valence-corrected chi connectivity index (χ4v) is 9.96. The van der Waals surface area contributed by atoms with Gasteiger partial charge in [-0.05, 0) is 207 Å². The first kappa shape index (κ1) is 59.7. The van der Waals surface area contributed by atoms with E-state index in [0.29, 0.717) is 23.0 Å². The van der Waals surface area contributed by atoms with Crippen molar-refractivity contribution in [2.45, 2.75) is 131 Å². The number of benzene rings is 6. The number of fused-ring (bicyclic) bond motifs is 3. The second-order valence-electron chi connectivity index (χ2n) is 21.5. The number of rotatable bonds is 9. The van der Waals surface area contributed by atoms with Gasteiger partial charge in [-0.1, -0.05) is 48.5 Å². The number of hydrogen-bond acceptors (Lipinski definition) is 14. The fourth-order valence-electron chi connectivity index (χ4n) is 7.88. The van der Waals surface area contributed by atoms with Crippen molar-refractivity contribution in [3.63, 3.8) is 0 Å². The fraction of sp³-hybridized carbons (Fsp3) is 0.310. The standard InChI is InChI=1S/C57H59O12S.CHF3O3S/c1-53(2,3)66-49(58)62-38-21-17-36(18-22-38)57(37-19-23-39(24-20-37)63-50(59)67-54(4,5)6)47-16-14-13-15-45(47)46-34-33-44(35-48(46)57)70(42-29-25-40(26-30-42)64-51(60)68-55(7,8)9)43-31-27-41(28-32-43)65-52(61)69-56(10,11)12;2-1(3,4)8(5,6)7/h13-35H,1-12H3;(H,5,6,7)/q+1;. The summed E-state index contributed by atoms with van der Waals surface area (Å²) in [5, 5.41) is 0. The van der Waals surface area contributed by atoms with E-state index in [0.717, 1.165) is 48.1 Å². The van der Waals surface area contributed by atoms with E-state index >= 15 is 0 Å². The Morgan fingerprint density at radius 1 is 0.423 bits per heavy atom. The molecule has 0 saturated heterocycles. The molecule has 0 heterocycles. The predicted molar refractivity (Wildman–Crippen MR) is 284 cm³/mol. The minimum absolute atomic E-state index is 0.300. The first-order valence-corrected chi connectivity index (χ1v) is 26.7. The van der Waals surface area contributed by atoms with Crippen LogP contribution in [0.1, 0.15) is 105 Å². The molecule has 0 saturated carbocycles. The molecule has 1 N–H and O–H groups in total. The Bertz CT molecular complexity index is 3090. The van der Waals surface area contributed by atoms with Crippen LogP contribution < -0.4 is 18.9 Å². The third-order valence-corrected chi connectivity index (χ3v) is 13.4. The molecule has 7 rings (SSSR count). The van der Waals surface area contributed by atoms with E-state index in [4.69, 9.17) is 50.9 Å². The minimum Gasteiger partial charge on any atom is -0.428 e. The molecule has 20 heteroatoms. The summed E-state index contributed by atoms with van der Waals surface area (Å²) in [6.45, 7) is 21.2. The largest absolute Gasteiger partial charge is 0.522 e. The average molecular weight is 1120 g/mol. The van der Waals surface area contributed by atoms with Crippen LogP contribution >= 0.6 is 0 Å². The van der Waals surface area contributed by atoms with E-state index in [1.54, 1.807) is 132 Å². The van der Waals surface area contributed by atoms with E-state index in [1.807, 2.05) is 60.7 Å². The van der Waals surface area contributed by atoms with Crippen LogP contribution in [0.15, 0.2) is 154 Å². The zero-order valence-corrected chi connectivity index (χ0v) is 46.5. The lowest BCUT2D eigenvalue weighted by Gasteiger charge is -2.34. The lowest BCUT2D eigenvalue weighted by molar-refractivity contribution is -0.0510. The van der Waals surface area contributed by atoms with Crippen molar-refractivity contribution in [1.82, 2.24) is 0 Å². The van der Waals surface area contributed by atoms with Crippen LogP contribution in [0.4, 0.5) is 32.3 Å². The van der Waals surface area contributed by atoms with E-state index in [-0.39, 0.29) is 0 Å². The van der Waals surface area contributed by atoms with Crippen molar-refractivity contribution in [1.29, 1.82) is 0 Å². The second-order valence-corrected chi connectivity index (χ2v) is 24.9. The van der Waals surface area contributed by atoms with Crippen molar-refractivity contribution in [2.75, 3.05) is 0 Å². The quantitative estimate of drug-likeness (QED) is 0.0357. The molecular formula is C58H60F3O15S2+. The Morgan fingerprint density at radius 2 is 0.705 bits per heavy atom. The highest BCUT2D eigenvalue weighted by molar-refractivity contribution is 7.97. The lowest BCUT2D eigenvalue weighted by atomic mass is 9.67. The zero-order chi connectivity index (χ0) is 57.8. The van der Waals surface area contributed by atoms with Crippen LogP contribution in [-0.2, 0) is 45.4 Å². The minimum atomic E-state index is -5.84. The average Bonchev–Trinajstić information content (AvgIpc) is 3.63. The molecule has 0 spiro atoms. The highest BCUT2D eigenvalue weighted by Crippen LogP contribution is 2.57. The summed E-state index contributed by atoms with van der Waals surface area (Å²) < 4.78 is 102. The molecule has 6 aromatic rings. The molecule has 0 amide bonds. The molecule has 6 aromatic carbocycles. The van der Waals surface area contributed by atoms with Gasteiger partial charge in [-0.15, -0.1) is 0 Å². The molecule has 0 bridgehead atoms. The van der Waals surface area contributed by atoms with Gasteiger partial charge in [0, 0.05) is 0 Å². The van der Waals surface area contributed by atoms with Crippen molar-refractivity contribution in [3.05, 3.63) is 162 Å². The maximum Gasteiger partial charge on any atom is 0.522 e. The van der Waals surface area contributed by atoms with Crippen LogP contribution in [0.25, 0.3) is 11.1 Å². The summed E-state index contributed by atoms with van der Waals surface area (Å²) in [5.74, 6) is 1.22. The van der Waals surface area contributed by atoms with Crippen LogP contribution in [0.5, 0.6) is 23.0 Å². The molecule has 0 aromatic heterocycles. The Kier molecular flexibility index (Phi) is 17.5. The number of alkyl halides is 3. The summed E-state index contributed by atoms with van der Waals surface area (Å²) in [6, 6.07) is 44.0. The monoisotopic (exact) mass is 1120 g/mol. The van der Waals surface area contributed by atoms with Gasteiger partial charge in [0.15, 0.2) is 14.7 Å². The van der Waals surface area contributed by atoms with Gasteiger partial charge in [-0.25, -0.2) is 19.2 Å². The first-order valence-electron chi connectivity index (χ1n) is 24.1. The van der Waals surface area contributed by atoms with E-state index < -0.39 is 79.0 Å². The highest BCUT2D eigenvalue weighted by Gasteiger charge is 2.48. The van der Waals surface area contributed by atoms with Gasteiger partial charge in [0.25, 0.3) is 0 Å². The molecule has 1 aliphatic rings. The molecule has 78 heavy (non-hydrogen) atoms. The van der Waals surface area contributed by atoms with Gasteiger partial charge in [0.2, 0.25) is 0 Å². The van der Waals surface area contributed by atoms with Gasteiger partial charge >= 0.3 is 40.2 Å². The van der Waals surface area contributed by atoms with Gasteiger partial charge in [-0.3, -0.25) is 4.55 Å². The van der Waals surface area contributed by atoms with Crippen LogP contribution in [0.2, 0.25) is 0 Å². The molecule has 0 atom stereocenters. The molecule has 0 radical (unpaired) electrons. The number of hydrogen-bond donors (Lipinski definition) is 1. The Hall–Kier alpha value is -7.55. The van der Waals surface area contributed by atoms with Crippen LogP contribution in [0, 0.1) is 0 Å². The van der Waals surface area contributed by atoms with E-state index in [2.05, 4.69) is 30.3 Å². The van der Waals surface area contributed by atoms with Gasteiger partial charge in [0.1, 0.15) is 45.4 Å². The van der Waals surface area contributed by atoms with Crippen molar-refractivity contribution in [3.8, 4) is 34.1 Å². The smallest absolute Gasteiger partial charge is 0.428 e.